The van der Waals surface area contributed by atoms with Crippen molar-refractivity contribution in [2.24, 2.45) is 0 Å². The summed E-state index contributed by atoms with van der Waals surface area (Å²) < 4.78 is 0. The highest BCUT2D eigenvalue weighted by molar-refractivity contribution is 5.82. The molecule has 0 aliphatic heterocycles. The van der Waals surface area contributed by atoms with E-state index in [4.69, 9.17) is 0 Å². The first-order chi connectivity index (χ1) is 8.81. The highest BCUT2D eigenvalue weighted by Gasteiger charge is 2.00. The van der Waals surface area contributed by atoms with Crippen LogP contribution in [0.1, 0.15) is 38.3 Å². The third-order valence-electron chi connectivity index (χ3n) is 2.75. The van der Waals surface area contributed by atoms with E-state index in [2.05, 4.69) is 28.7 Å². The van der Waals surface area contributed by atoms with Gasteiger partial charge in [0, 0.05) is 11.8 Å². The molecule has 0 aliphatic carbocycles. The molecule has 92 valence electrons. The monoisotopic (exact) mass is 240 g/mol. The second kappa shape index (κ2) is 6.02. The molecular weight excluding hydrogens is 224 g/mol. The lowest BCUT2D eigenvalue weighted by atomic mass is 10.1. The van der Waals surface area contributed by atoms with Crippen molar-refractivity contribution in [3.8, 4) is 11.8 Å². The van der Waals surface area contributed by atoms with E-state index in [1.165, 1.54) is 12.8 Å². The van der Waals surface area contributed by atoms with E-state index < -0.39 is 0 Å². The maximum Gasteiger partial charge on any atom is 0.346 e. The third-order valence-corrected chi connectivity index (χ3v) is 2.75. The zero-order valence-corrected chi connectivity index (χ0v) is 10.5. The predicted octanol–water partition coefficient (Wildman–Crippen LogP) is 2.85. The average molecular weight is 240 g/mol. The van der Waals surface area contributed by atoms with Crippen LogP contribution in [-0.4, -0.2) is 9.97 Å². The molecule has 1 heterocycles. The van der Waals surface area contributed by atoms with Crippen LogP contribution in [0.2, 0.25) is 0 Å². The van der Waals surface area contributed by atoms with Gasteiger partial charge in [-0.2, -0.15) is 4.98 Å². The number of aromatic amines is 1. The zero-order chi connectivity index (χ0) is 12.8. The molecule has 0 aliphatic rings. The minimum absolute atomic E-state index is 0.341. The van der Waals surface area contributed by atoms with Crippen molar-refractivity contribution in [3.63, 3.8) is 0 Å². The molecule has 2 aromatic rings. The maximum atomic E-state index is 11.4. The second-order valence-electron chi connectivity index (χ2n) is 4.20. The molecule has 0 atom stereocenters. The van der Waals surface area contributed by atoms with E-state index >= 15 is 0 Å². The van der Waals surface area contributed by atoms with Crippen LogP contribution in [0.5, 0.6) is 0 Å². The highest BCUT2D eigenvalue weighted by Crippen LogP contribution is 2.11. The summed E-state index contributed by atoms with van der Waals surface area (Å²) in [6.45, 7) is 2.17. The Morgan fingerprint density at radius 1 is 1.28 bits per heavy atom. The lowest BCUT2D eigenvalue weighted by molar-refractivity contribution is 0.737. The summed E-state index contributed by atoms with van der Waals surface area (Å²) in [6, 6.07) is 7.59. The number of nitrogens with one attached hydrogen (secondary N) is 1. The molecule has 18 heavy (non-hydrogen) atoms. The molecule has 0 radical (unpaired) electrons. The maximum absolute atomic E-state index is 11.4. The van der Waals surface area contributed by atoms with Gasteiger partial charge < -0.3 is 4.98 Å². The van der Waals surface area contributed by atoms with E-state index in [0.717, 1.165) is 23.7 Å². The Morgan fingerprint density at radius 2 is 2.11 bits per heavy atom. The van der Waals surface area contributed by atoms with Crippen LogP contribution in [0.3, 0.4) is 0 Å². The van der Waals surface area contributed by atoms with Crippen LogP contribution < -0.4 is 5.69 Å². The van der Waals surface area contributed by atoms with Gasteiger partial charge in [-0.25, -0.2) is 4.79 Å². The minimum Gasteiger partial charge on any atom is -0.305 e. The SMILES string of the molecule is CCCCCC#Cc1nc(=O)[nH]c2ccccc12. The molecule has 0 unspecified atom stereocenters. The van der Waals surface area contributed by atoms with Crippen molar-refractivity contribution in [2.75, 3.05) is 0 Å². The van der Waals surface area contributed by atoms with E-state index in [9.17, 15) is 4.79 Å². The van der Waals surface area contributed by atoms with Crippen molar-refractivity contribution in [1.82, 2.24) is 9.97 Å². The number of nitrogens with zero attached hydrogens (tertiary/aromatic N) is 1. The molecule has 3 heteroatoms. The van der Waals surface area contributed by atoms with E-state index in [1.54, 1.807) is 0 Å². The summed E-state index contributed by atoms with van der Waals surface area (Å²) in [6.07, 6.45) is 4.34. The number of aromatic nitrogens is 2. The fourth-order valence-electron chi connectivity index (χ4n) is 1.81. The van der Waals surface area contributed by atoms with Crippen molar-refractivity contribution in [3.05, 3.63) is 40.4 Å². The Morgan fingerprint density at radius 3 is 2.94 bits per heavy atom. The summed E-state index contributed by atoms with van der Waals surface area (Å²) in [5.74, 6) is 6.10. The fraction of sp³-hybridized carbons (Fsp3) is 0.333. The minimum atomic E-state index is -0.341. The summed E-state index contributed by atoms with van der Waals surface area (Å²) in [5, 5.41) is 0.903. The summed E-state index contributed by atoms with van der Waals surface area (Å²) >= 11 is 0. The van der Waals surface area contributed by atoms with Gasteiger partial charge in [0.1, 0.15) is 5.69 Å². The van der Waals surface area contributed by atoms with Gasteiger partial charge in [0.2, 0.25) is 0 Å². The average Bonchev–Trinajstić information content (AvgIpc) is 2.38. The van der Waals surface area contributed by atoms with Gasteiger partial charge >= 0.3 is 5.69 Å². The number of fused-ring (bicyclic) bond motifs is 1. The first-order valence-electron chi connectivity index (χ1n) is 6.29. The van der Waals surface area contributed by atoms with Crippen LogP contribution in [0.15, 0.2) is 29.1 Å². The Hall–Kier alpha value is -2.08. The van der Waals surface area contributed by atoms with Gasteiger partial charge in [-0.15, -0.1) is 0 Å². The molecule has 0 spiro atoms. The van der Waals surface area contributed by atoms with E-state index in [0.29, 0.717) is 5.69 Å². The topological polar surface area (TPSA) is 45.8 Å². The third kappa shape index (κ3) is 2.98. The van der Waals surface area contributed by atoms with Crippen molar-refractivity contribution >= 4 is 10.9 Å². The number of hydrogen-bond acceptors (Lipinski definition) is 2. The first kappa shape index (κ1) is 12.4. The Bertz CT molecular complexity index is 647. The Kier molecular flexibility index (Phi) is 4.14. The molecule has 0 saturated carbocycles. The van der Waals surface area contributed by atoms with Crippen LogP contribution in [0.4, 0.5) is 0 Å². The van der Waals surface area contributed by atoms with Crippen molar-refractivity contribution in [1.29, 1.82) is 0 Å². The molecule has 0 bridgehead atoms. The van der Waals surface area contributed by atoms with Gasteiger partial charge in [0.05, 0.1) is 5.52 Å². The summed E-state index contributed by atoms with van der Waals surface area (Å²) in [4.78, 5) is 18.0. The standard InChI is InChI=1S/C15H16N2O/c1-2-3-4-5-6-10-13-12-9-7-8-11-14(12)17-15(18)16-13/h7-9,11H,2-5H2,1H3,(H,16,17,18). The van der Waals surface area contributed by atoms with Crippen LogP contribution >= 0.6 is 0 Å². The predicted molar refractivity (Wildman–Crippen MR) is 73.4 cm³/mol. The largest absolute Gasteiger partial charge is 0.346 e. The van der Waals surface area contributed by atoms with Gasteiger partial charge in [0.15, 0.2) is 0 Å². The number of para-hydroxylation sites is 1. The number of hydrogen-bond donors (Lipinski definition) is 1. The molecule has 0 fully saturated rings. The van der Waals surface area contributed by atoms with Gasteiger partial charge in [-0.3, -0.25) is 0 Å². The summed E-state index contributed by atoms with van der Waals surface area (Å²) in [7, 11) is 0. The molecular formula is C15H16N2O. The van der Waals surface area contributed by atoms with E-state index in [-0.39, 0.29) is 5.69 Å². The molecule has 1 N–H and O–H groups in total. The number of benzene rings is 1. The quantitative estimate of drug-likeness (QED) is 0.662. The molecule has 1 aromatic carbocycles. The van der Waals surface area contributed by atoms with Gasteiger partial charge in [0.25, 0.3) is 0 Å². The van der Waals surface area contributed by atoms with Gasteiger partial charge in [-0.1, -0.05) is 43.9 Å². The van der Waals surface area contributed by atoms with Crippen LogP contribution in [0.25, 0.3) is 10.9 Å². The fourth-order valence-corrected chi connectivity index (χ4v) is 1.81. The lowest BCUT2D eigenvalue weighted by Crippen LogP contribution is -2.11. The molecule has 3 nitrogen and oxygen atoms in total. The van der Waals surface area contributed by atoms with Crippen molar-refractivity contribution < 1.29 is 0 Å². The number of H-pyrrole nitrogens is 1. The number of unbranched alkanes of at least 4 members (excludes halogenated alkanes) is 3. The molecule has 1 aromatic heterocycles. The highest BCUT2D eigenvalue weighted by atomic mass is 16.1. The second-order valence-corrected chi connectivity index (χ2v) is 4.20. The summed E-state index contributed by atoms with van der Waals surface area (Å²) in [5.41, 5.74) is 1.02. The molecule has 2 rings (SSSR count). The first-order valence-corrected chi connectivity index (χ1v) is 6.29. The Balaban J connectivity index is 2.29. The zero-order valence-electron chi connectivity index (χ0n) is 10.5. The lowest BCUT2D eigenvalue weighted by Gasteiger charge is -1.98. The molecule has 0 saturated heterocycles. The normalized spacial score (nSPS) is 10.1. The number of rotatable bonds is 3. The van der Waals surface area contributed by atoms with Crippen LogP contribution in [0, 0.1) is 11.8 Å². The Labute approximate surface area is 106 Å². The van der Waals surface area contributed by atoms with E-state index in [1.807, 2.05) is 24.3 Å². The van der Waals surface area contributed by atoms with Crippen LogP contribution in [-0.2, 0) is 0 Å². The smallest absolute Gasteiger partial charge is 0.305 e. The molecule has 0 amide bonds. The van der Waals surface area contributed by atoms with Gasteiger partial charge in [-0.05, 0) is 18.4 Å². The van der Waals surface area contributed by atoms with Crippen molar-refractivity contribution in [2.45, 2.75) is 32.6 Å².